The van der Waals surface area contributed by atoms with Gasteiger partial charge in [0.15, 0.2) is 0 Å². The highest BCUT2D eigenvalue weighted by atomic mass is 16.1. The molecule has 0 atom stereocenters. The van der Waals surface area contributed by atoms with Crippen LogP contribution in [0.3, 0.4) is 0 Å². The predicted molar refractivity (Wildman–Crippen MR) is 69.1 cm³/mol. The van der Waals surface area contributed by atoms with Gasteiger partial charge in [-0.05, 0) is 26.0 Å². The molecule has 6 heteroatoms. The summed E-state index contributed by atoms with van der Waals surface area (Å²) in [4.78, 5) is 19.9. The van der Waals surface area contributed by atoms with Gasteiger partial charge in [0.05, 0.1) is 6.54 Å². The van der Waals surface area contributed by atoms with Crippen LogP contribution in [0.4, 0.5) is 5.82 Å². The molecule has 18 heavy (non-hydrogen) atoms. The highest BCUT2D eigenvalue weighted by Crippen LogP contribution is 2.11. The molecule has 3 N–H and O–H groups in total. The Bertz CT molecular complexity index is 620. The molecule has 0 aromatic carbocycles. The Kier molecular flexibility index (Phi) is 3.38. The topological polar surface area (TPSA) is 85.8 Å². The average Bonchev–Trinajstić information content (AvgIpc) is 2.34. The number of aromatic nitrogens is 3. The van der Waals surface area contributed by atoms with Gasteiger partial charge in [-0.1, -0.05) is 6.07 Å². The van der Waals surface area contributed by atoms with E-state index >= 15 is 0 Å². The van der Waals surface area contributed by atoms with E-state index in [-0.39, 0.29) is 5.69 Å². The third-order valence-corrected chi connectivity index (χ3v) is 2.70. The Balaban J connectivity index is 2.43. The molecule has 6 nitrogen and oxygen atoms in total. The number of nitrogens with zero attached hydrogens (tertiary/aromatic N) is 3. The average molecular weight is 245 g/mol. The fourth-order valence-corrected chi connectivity index (χ4v) is 1.83. The van der Waals surface area contributed by atoms with Crippen LogP contribution in [-0.4, -0.2) is 14.5 Å². The van der Waals surface area contributed by atoms with Crippen molar-refractivity contribution in [1.29, 1.82) is 0 Å². The van der Waals surface area contributed by atoms with Crippen LogP contribution in [0.25, 0.3) is 0 Å². The van der Waals surface area contributed by atoms with Gasteiger partial charge < -0.3 is 5.43 Å². The van der Waals surface area contributed by atoms with E-state index in [1.807, 2.05) is 19.1 Å². The molecule has 0 radical (unpaired) electrons. The first kappa shape index (κ1) is 12.3. The molecular formula is C12H15N5O. The second-order valence-electron chi connectivity index (χ2n) is 4.06. The molecule has 0 aliphatic heterocycles. The maximum absolute atomic E-state index is 11.8. The SMILES string of the molecule is Cc1cc(C)n(Cc2cccnc2NN)c(=O)n1. The van der Waals surface area contributed by atoms with Crippen LogP contribution >= 0.6 is 0 Å². The number of aryl methyl sites for hydroxylation is 2. The minimum Gasteiger partial charge on any atom is -0.308 e. The van der Waals surface area contributed by atoms with Gasteiger partial charge in [0.2, 0.25) is 0 Å². The van der Waals surface area contributed by atoms with Crippen molar-refractivity contribution in [2.45, 2.75) is 20.4 Å². The fourth-order valence-electron chi connectivity index (χ4n) is 1.83. The zero-order valence-corrected chi connectivity index (χ0v) is 10.3. The van der Waals surface area contributed by atoms with E-state index in [4.69, 9.17) is 5.84 Å². The molecule has 2 rings (SSSR count). The summed E-state index contributed by atoms with van der Waals surface area (Å²) in [5, 5.41) is 0. The second-order valence-corrected chi connectivity index (χ2v) is 4.06. The minimum atomic E-state index is -0.265. The molecular weight excluding hydrogens is 230 g/mol. The smallest absolute Gasteiger partial charge is 0.308 e. The zero-order valence-electron chi connectivity index (χ0n) is 10.3. The lowest BCUT2D eigenvalue weighted by atomic mass is 10.2. The molecule has 0 amide bonds. The normalized spacial score (nSPS) is 10.4. The molecule has 0 unspecified atom stereocenters. The first-order valence-electron chi connectivity index (χ1n) is 5.57. The summed E-state index contributed by atoms with van der Waals surface area (Å²) >= 11 is 0. The van der Waals surface area contributed by atoms with Crippen molar-refractivity contribution in [3.63, 3.8) is 0 Å². The molecule has 94 valence electrons. The number of anilines is 1. The van der Waals surface area contributed by atoms with E-state index in [1.54, 1.807) is 23.8 Å². The molecule has 0 bridgehead atoms. The van der Waals surface area contributed by atoms with Crippen LogP contribution < -0.4 is 17.0 Å². The van der Waals surface area contributed by atoms with Gasteiger partial charge in [-0.25, -0.2) is 15.6 Å². The lowest BCUT2D eigenvalue weighted by molar-refractivity contribution is 0.693. The van der Waals surface area contributed by atoms with Crippen molar-refractivity contribution in [3.8, 4) is 0 Å². The van der Waals surface area contributed by atoms with Crippen LogP contribution in [0, 0.1) is 13.8 Å². The standard InChI is InChI=1S/C12H15N5O/c1-8-6-9(2)17(12(18)15-8)7-10-4-3-5-14-11(10)16-13/h3-6H,7,13H2,1-2H3,(H,14,16). The summed E-state index contributed by atoms with van der Waals surface area (Å²) in [6.45, 7) is 4.07. The van der Waals surface area contributed by atoms with Gasteiger partial charge >= 0.3 is 5.69 Å². The lowest BCUT2D eigenvalue weighted by Crippen LogP contribution is -2.26. The zero-order chi connectivity index (χ0) is 13.1. The van der Waals surface area contributed by atoms with Crippen LogP contribution in [0.15, 0.2) is 29.2 Å². The van der Waals surface area contributed by atoms with E-state index in [9.17, 15) is 4.79 Å². The number of rotatable bonds is 3. The minimum absolute atomic E-state index is 0.265. The molecule has 0 saturated heterocycles. The maximum atomic E-state index is 11.8. The number of nitrogens with one attached hydrogen (secondary N) is 1. The molecule has 2 heterocycles. The molecule has 2 aromatic heterocycles. The Morgan fingerprint density at radius 3 is 2.89 bits per heavy atom. The van der Waals surface area contributed by atoms with Crippen molar-refractivity contribution in [3.05, 3.63) is 51.8 Å². The van der Waals surface area contributed by atoms with Gasteiger partial charge in [-0.2, -0.15) is 4.98 Å². The Morgan fingerprint density at radius 1 is 1.44 bits per heavy atom. The largest absolute Gasteiger partial charge is 0.348 e. The highest BCUT2D eigenvalue weighted by Gasteiger charge is 2.07. The van der Waals surface area contributed by atoms with Crippen molar-refractivity contribution < 1.29 is 0 Å². The van der Waals surface area contributed by atoms with Crippen LogP contribution in [0.2, 0.25) is 0 Å². The summed E-state index contributed by atoms with van der Waals surface area (Å²) in [5.74, 6) is 5.95. The van der Waals surface area contributed by atoms with Gasteiger partial charge in [-0.15, -0.1) is 0 Å². The monoisotopic (exact) mass is 245 g/mol. The first-order valence-corrected chi connectivity index (χ1v) is 5.57. The maximum Gasteiger partial charge on any atom is 0.348 e. The van der Waals surface area contributed by atoms with Gasteiger partial charge in [0.25, 0.3) is 0 Å². The molecule has 2 aromatic rings. The second kappa shape index (κ2) is 4.97. The lowest BCUT2D eigenvalue weighted by Gasteiger charge is -2.12. The summed E-state index contributed by atoms with van der Waals surface area (Å²) in [7, 11) is 0. The van der Waals surface area contributed by atoms with E-state index in [0.717, 1.165) is 17.0 Å². The Labute approximate surface area is 104 Å². The molecule has 0 aliphatic carbocycles. The van der Waals surface area contributed by atoms with Crippen LogP contribution in [-0.2, 0) is 6.54 Å². The fraction of sp³-hybridized carbons (Fsp3) is 0.250. The number of hydrogen-bond donors (Lipinski definition) is 2. The van der Waals surface area contributed by atoms with Crippen LogP contribution in [0.1, 0.15) is 17.0 Å². The van der Waals surface area contributed by atoms with Crippen LogP contribution in [0.5, 0.6) is 0 Å². The van der Waals surface area contributed by atoms with E-state index in [1.165, 1.54) is 0 Å². The van der Waals surface area contributed by atoms with E-state index in [0.29, 0.717) is 12.4 Å². The van der Waals surface area contributed by atoms with Gasteiger partial charge in [0.1, 0.15) is 5.82 Å². The molecule has 0 aliphatic rings. The van der Waals surface area contributed by atoms with E-state index in [2.05, 4.69) is 15.4 Å². The summed E-state index contributed by atoms with van der Waals surface area (Å²) < 4.78 is 1.59. The predicted octanol–water partition coefficient (Wildman–Crippen LogP) is 0.589. The van der Waals surface area contributed by atoms with Gasteiger partial charge in [-0.3, -0.25) is 4.57 Å². The third kappa shape index (κ3) is 2.38. The number of hydrogen-bond acceptors (Lipinski definition) is 5. The summed E-state index contributed by atoms with van der Waals surface area (Å²) in [5.41, 5.74) is 4.68. The number of nitrogens with two attached hydrogens (primary N) is 1. The summed E-state index contributed by atoms with van der Waals surface area (Å²) in [6, 6.07) is 5.54. The van der Waals surface area contributed by atoms with E-state index < -0.39 is 0 Å². The highest BCUT2D eigenvalue weighted by molar-refractivity contribution is 5.42. The Morgan fingerprint density at radius 2 is 2.22 bits per heavy atom. The number of hydrazine groups is 1. The molecule has 0 fully saturated rings. The summed E-state index contributed by atoms with van der Waals surface area (Å²) in [6.07, 6.45) is 1.64. The molecule has 0 spiro atoms. The molecule has 0 saturated carbocycles. The number of nitrogen functional groups attached to an aromatic ring is 1. The van der Waals surface area contributed by atoms with Crippen molar-refractivity contribution in [2.24, 2.45) is 5.84 Å². The Hall–Kier alpha value is -2.21. The van der Waals surface area contributed by atoms with Crippen molar-refractivity contribution >= 4 is 5.82 Å². The van der Waals surface area contributed by atoms with Gasteiger partial charge in [0, 0.05) is 23.1 Å². The van der Waals surface area contributed by atoms with Crippen molar-refractivity contribution in [2.75, 3.05) is 5.43 Å². The number of pyridine rings is 1. The third-order valence-electron chi connectivity index (χ3n) is 2.70. The first-order chi connectivity index (χ1) is 8.61. The quantitative estimate of drug-likeness (QED) is 0.610. The van der Waals surface area contributed by atoms with Crippen molar-refractivity contribution in [1.82, 2.24) is 14.5 Å².